The van der Waals surface area contributed by atoms with Crippen LogP contribution in [0.15, 0.2) is 12.5 Å². The molecule has 1 aromatic rings. The van der Waals surface area contributed by atoms with Crippen molar-refractivity contribution in [2.24, 2.45) is 0 Å². The summed E-state index contributed by atoms with van der Waals surface area (Å²) in [5.74, 6) is 0. The molecule has 0 radical (unpaired) electrons. The predicted octanol–water partition coefficient (Wildman–Crippen LogP) is 1.03. The number of nitrogens with zero attached hydrogens (tertiary/aromatic N) is 3. The van der Waals surface area contributed by atoms with E-state index in [1.54, 1.807) is 0 Å². The lowest BCUT2D eigenvalue weighted by Crippen LogP contribution is -2.44. The van der Waals surface area contributed by atoms with Crippen molar-refractivity contribution < 1.29 is 4.74 Å². The summed E-state index contributed by atoms with van der Waals surface area (Å²) in [7, 11) is 0. The first-order chi connectivity index (χ1) is 9.33. The molecule has 1 N–H and O–H groups in total. The summed E-state index contributed by atoms with van der Waals surface area (Å²) in [4.78, 5) is 6.74. The Morgan fingerprint density at radius 1 is 1.42 bits per heavy atom. The maximum absolute atomic E-state index is 5.38. The number of rotatable bonds is 6. The zero-order valence-electron chi connectivity index (χ0n) is 11.7. The smallest absolute Gasteiger partial charge is 0.0951 e. The van der Waals surface area contributed by atoms with E-state index in [4.69, 9.17) is 4.74 Å². The number of imidazole rings is 1. The Labute approximate surface area is 114 Å². The molecule has 1 aliphatic carbocycles. The van der Waals surface area contributed by atoms with Gasteiger partial charge in [0.25, 0.3) is 0 Å². The van der Waals surface area contributed by atoms with Crippen molar-refractivity contribution in [1.82, 2.24) is 19.8 Å². The lowest BCUT2D eigenvalue weighted by atomic mass is 10.2. The van der Waals surface area contributed by atoms with Crippen LogP contribution in [0.2, 0.25) is 0 Å². The summed E-state index contributed by atoms with van der Waals surface area (Å²) < 4.78 is 7.70. The summed E-state index contributed by atoms with van der Waals surface area (Å²) in [6, 6.07) is 1.22. The van der Waals surface area contributed by atoms with Crippen LogP contribution in [0, 0.1) is 0 Å². The van der Waals surface area contributed by atoms with Crippen LogP contribution in [0.25, 0.3) is 0 Å². The molecule has 0 bridgehead atoms. The van der Waals surface area contributed by atoms with Crippen LogP contribution >= 0.6 is 0 Å². The van der Waals surface area contributed by atoms with E-state index in [-0.39, 0.29) is 0 Å². The number of hydrogen-bond acceptors (Lipinski definition) is 4. The van der Waals surface area contributed by atoms with Crippen LogP contribution in [0.1, 0.15) is 31.5 Å². The molecule has 1 saturated carbocycles. The summed E-state index contributed by atoms with van der Waals surface area (Å²) in [6.07, 6.45) is 6.59. The Morgan fingerprint density at radius 2 is 2.21 bits per heavy atom. The van der Waals surface area contributed by atoms with Gasteiger partial charge in [0, 0.05) is 44.5 Å². The maximum Gasteiger partial charge on any atom is 0.0951 e. The molecule has 1 unspecified atom stereocenters. The van der Waals surface area contributed by atoms with Gasteiger partial charge in [0.1, 0.15) is 0 Å². The fourth-order valence-electron chi connectivity index (χ4n) is 2.66. The van der Waals surface area contributed by atoms with E-state index >= 15 is 0 Å². The van der Waals surface area contributed by atoms with Crippen molar-refractivity contribution in [2.75, 3.05) is 32.8 Å². The van der Waals surface area contributed by atoms with Gasteiger partial charge in [-0.15, -0.1) is 0 Å². The highest BCUT2D eigenvalue weighted by Crippen LogP contribution is 2.35. The molecule has 5 nitrogen and oxygen atoms in total. The molecule has 1 aromatic heterocycles. The van der Waals surface area contributed by atoms with Gasteiger partial charge in [-0.25, -0.2) is 4.98 Å². The van der Waals surface area contributed by atoms with Gasteiger partial charge in [-0.2, -0.15) is 0 Å². The number of hydrogen-bond donors (Lipinski definition) is 1. The second-order valence-electron chi connectivity index (χ2n) is 5.72. The Kier molecular flexibility index (Phi) is 4.15. The maximum atomic E-state index is 5.38. The largest absolute Gasteiger partial charge is 0.379 e. The van der Waals surface area contributed by atoms with Gasteiger partial charge in [0.2, 0.25) is 0 Å². The molecule has 106 valence electrons. The summed E-state index contributed by atoms with van der Waals surface area (Å²) in [5, 5.41) is 3.61. The molecule has 0 amide bonds. The minimum atomic E-state index is 0.501. The molecular formula is C14H24N4O. The molecule has 2 aliphatic rings. The van der Waals surface area contributed by atoms with Crippen molar-refractivity contribution >= 4 is 0 Å². The molecule has 0 spiro atoms. The van der Waals surface area contributed by atoms with Crippen LogP contribution in [0.4, 0.5) is 0 Å². The van der Waals surface area contributed by atoms with E-state index in [1.165, 1.54) is 18.5 Å². The molecule has 1 saturated heterocycles. The van der Waals surface area contributed by atoms with Crippen molar-refractivity contribution in [2.45, 2.75) is 38.4 Å². The third kappa shape index (κ3) is 3.55. The first-order valence-corrected chi connectivity index (χ1v) is 7.37. The highest BCUT2D eigenvalue weighted by atomic mass is 16.5. The molecule has 3 rings (SSSR count). The van der Waals surface area contributed by atoms with E-state index in [9.17, 15) is 0 Å². The molecule has 1 aliphatic heterocycles. The van der Waals surface area contributed by atoms with E-state index < -0.39 is 0 Å². The highest BCUT2D eigenvalue weighted by Gasteiger charge is 2.25. The molecular weight excluding hydrogens is 240 g/mol. The number of ether oxygens (including phenoxy) is 1. The van der Waals surface area contributed by atoms with Crippen molar-refractivity contribution in [1.29, 1.82) is 0 Å². The summed E-state index contributed by atoms with van der Waals surface area (Å²) in [5.41, 5.74) is 1.32. The quantitative estimate of drug-likeness (QED) is 0.833. The van der Waals surface area contributed by atoms with Crippen LogP contribution < -0.4 is 5.32 Å². The van der Waals surface area contributed by atoms with Gasteiger partial charge in [-0.1, -0.05) is 0 Å². The zero-order valence-corrected chi connectivity index (χ0v) is 11.7. The van der Waals surface area contributed by atoms with Gasteiger partial charge in [0.05, 0.1) is 25.2 Å². The monoisotopic (exact) mass is 264 g/mol. The van der Waals surface area contributed by atoms with Crippen molar-refractivity contribution in [3.05, 3.63) is 18.2 Å². The third-order valence-corrected chi connectivity index (χ3v) is 3.95. The van der Waals surface area contributed by atoms with Gasteiger partial charge in [-0.3, -0.25) is 4.90 Å². The topological polar surface area (TPSA) is 42.3 Å². The van der Waals surface area contributed by atoms with E-state index in [0.29, 0.717) is 12.1 Å². The Bertz CT molecular complexity index is 396. The fraction of sp³-hybridized carbons (Fsp3) is 0.786. The average Bonchev–Trinajstić information content (AvgIpc) is 3.16. The van der Waals surface area contributed by atoms with Gasteiger partial charge in [0.15, 0.2) is 0 Å². The Hall–Kier alpha value is -0.910. The van der Waals surface area contributed by atoms with Gasteiger partial charge >= 0.3 is 0 Å². The Balaban J connectivity index is 1.44. The van der Waals surface area contributed by atoms with E-state index in [0.717, 1.165) is 39.4 Å². The van der Waals surface area contributed by atoms with Gasteiger partial charge < -0.3 is 14.6 Å². The minimum absolute atomic E-state index is 0.501. The van der Waals surface area contributed by atoms with Crippen molar-refractivity contribution in [3.63, 3.8) is 0 Å². The van der Waals surface area contributed by atoms with E-state index in [1.807, 2.05) is 12.5 Å². The van der Waals surface area contributed by atoms with Gasteiger partial charge in [-0.05, 0) is 19.8 Å². The Morgan fingerprint density at radius 3 is 2.95 bits per heavy atom. The standard InChI is InChI=1S/C14H24N4O/c1-12(10-17-4-6-19-7-5-17)16-9-14-8-15-11-18(14)13-2-3-13/h8,11-13,16H,2-7,9-10H2,1H3. The summed E-state index contributed by atoms with van der Waals surface area (Å²) in [6.45, 7) is 8.15. The normalized spacial score (nSPS) is 22.6. The highest BCUT2D eigenvalue weighted by molar-refractivity contribution is 5.03. The first-order valence-electron chi connectivity index (χ1n) is 7.37. The fourth-order valence-corrected chi connectivity index (χ4v) is 2.66. The first kappa shape index (κ1) is 13.1. The molecule has 5 heteroatoms. The van der Waals surface area contributed by atoms with Crippen molar-refractivity contribution in [3.8, 4) is 0 Å². The molecule has 2 heterocycles. The zero-order chi connectivity index (χ0) is 13.1. The SMILES string of the molecule is CC(CN1CCOCC1)NCc1cncn1C1CC1. The lowest BCUT2D eigenvalue weighted by molar-refractivity contribution is 0.0343. The second kappa shape index (κ2) is 6.03. The van der Waals surface area contributed by atoms with E-state index in [2.05, 4.69) is 26.7 Å². The third-order valence-electron chi connectivity index (χ3n) is 3.95. The predicted molar refractivity (Wildman–Crippen MR) is 74.1 cm³/mol. The number of nitrogens with one attached hydrogen (secondary N) is 1. The van der Waals surface area contributed by atoms with Crippen LogP contribution in [0.5, 0.6) is 0 Å². The second-order valence-corrected chi connectivity index (χ2v) is 5.72. The lowest BCUT2D eigenvalue weighted by Gasteiger charge is -2.29. The van der Waals surface area contributed by atoms with Crippen LogP contribution in [-0.2, 0) is 11.3 Å². The molecule has 0 aromatic carbocycles. The minimum Gasteiger partial charge on any atom is -0.379 e. The summed E-state index contributed by atoms with van der Waals surface area (Å²) >= 11 is 0. The van der Waals surface area contributed by atoms with Crippen LogP contribution in [0.3, 0.4) is 0 Å². The average molecular weight is 264 g/mol. The molecule has 19 heavy (non-hydrogen) atoms. The molecule has 1 atom stereocenters. The van der Waals surface area contributed by atoms with Crippen LogP contribution in [-0.4, -0.2) is 53.3 Å². The number of aromatic nitrogens is 2. The number of morpholine rings is 1. The molecule has 2 fully saturated rings.